The van der Waals surface area contributed by atoms with Crippen molar-refractivity contribution in [2.45, 2.75) is 85.2 Å². The Kier molecular flexibility index (Phi) is 4.55. The van der Waals surface area contributed by atoms with Crippen molar-refractivity contribution in [2.24, 2.45) is 40.4 Å². The number of ether oxygens (including phenoxy) is 1. The predicted molar refractivity (Wildman–Crippen MR) is 102 cm³/mol. The van der Waals surface area contributed by atoms with E-state index in [9.17, 15) is 14.4 Å². The standard InChI is InChI=1S/C23H34O4/c1-13(24)18-7-8-19-17-6-5-15-11-16(26)9-10-22(15,3)21(17)20(27-14(2)25)12-23(18,19)4/h15,17-21H,5-12H2,1-4H3/t15-,17+,18+,19-,20-,21-,22+,23-/m1/s1. The van der Waals surface area contributed by atoms with Gasteiger partial charge in [-0.15, -0.1) is 0 Å². The van der Waals surface area contributed by atoms with Gasteiger partial charge in [0.1, 0.15) is 17.7 Å². The lowest BCUT2D eigenvalue weighted by Crippen LogP contribution is -2.60. The highest BCUT2D eigenvalue weighted by atomic mass is 16.5. The fourth-order valence-electron chi connectivity index (χ4n) is 8.12. The molecule has 0 unspecified atom stereocenters. The summed E-state index contributed by atoms with van der Waals surface area (Å²) in [7, 11) is 0. The summed E-state index contributed by atoms with van der Waals surface area (Å²) in [5, 5.41) is 0. The molecule has 0 amide bonds. The summed E-state index contributed by atoms with van der Waals surface area (Å²) in [4.78, 5) is 36.5. The zero-order valence-corrected chi connectivity index (χ0v) is 17.3. The zero-order chi connectivity index (χ0) is 19.6. The smallest absolute Gasteiger partial charge is 0.302 e. The van der Waals surface area contributed by atoms with Crippen molar-refractivity contribution in [3.63, 3.8) is 0 Å². The average molecular weight is 375 g/mol. The summed E-state index contributed by atoms with van der Waals surface area (Å²) in [6.07, 6.45) is 7.29. The number of fused-ring (bicyclic) bond motifs is 5. The monoisotopic (exact) mass is 374 g/mol. The Labute approximate surface area is 162 Å². The first-order valence-electron chi connectivity index (χ1n) is 10.9. The van der Waals surface area contributed by atoms with E-state index in [0.717, 1.165) is 38.5 Å². The van der Waals surface area contributed by atoms with Crippen molar-refractivity contribution in [2.75, 3.05) is 0 Å². The Hall–Kier alpha value is -1.19. The summed E-state index contributed by atoms with van der Waals surface area (Å²) >= 11 is 0. The number of carbonyl (C=O) groups is 3. The fraction of sp³-hybridized carbons (Fsp3) is 0.870. The first kappa shape index (κ1) is 19.1. The van der Waals surface area contributed by atoms with Gasteiger partial charge < -0.3 is 4.74 Å². The van der Waals surface area contributed by atoms with Gasteiger partial charge in [0.15, 0.2) is 0 Å². The van der Waals surface area contributed by atoms with E-state index < -0.39 is 0 Å². The molecule has 0 saturated heterocycles. The van der Waals surface area contributed by atoms with Gasteiger partial charge in [0.2, 0.25) is 0 Å². The van der Waals surface area contributed by atoms with Gasteiger partial charge in [0, 0.05) is 31.6 Å². The highest BCUT2D eigenvalue weighted by Crippen LogP contribution is 2.67. The fourth-order valence-corrected chi connectivity index (χ4v) is 8.12. The molecule has 0 aromatic heterocycles. The minimum absolute atomic E-state index is 0.0548. The van der Waals surface area contributed by atoms with Gasteiger partial charge in [-0.2, -0.15) is 0 Å². The van der Waals surface area contributed by atoms with Crippen LogP contribution in [0.3, 0.4) is 0 Å². The molecule has 0 heterocycles. The Balaban J connectivity index is 1.73. The van der Waals surface area contributed by atoms with Gasteiger partial charge in [-0.3, -0.25) is 14.4 Å². The normalized spacial score (nSPS) is 49.0. The third kappa shape index (κ3) is 2.81. The number of carbonyl (C=O) groups excluding carboxylic acids is 3. The molecule has 0 bridgehead atoms. The van der Waals surface area contributed by atoms with E-state index >= 15 is 0 Å². The maximum atomic E-state index is 12.4. The molecule has 0 aromatic rings. The van der Waals surface area contributed by atoms with Crippen LogP contribution in [-0.4, -0.2) is 23.6 Å². The molecule has 4 aliphatic carbocycles. The van der Waals surface area contributed by atoms with Crippen molar-refractivity contribution >= 4 is 17.5 Å². The van der Waals surface area contributed by atoms with Crippen LogP contribution in [0.5, 0.6) is 0 Å². The molecule has 4 nitrogen and oxygen atoms in total. The third-order valence-electron chi connectivity index (χ3n) is 9.20. The second kappa shape index (κ2) is 6.42. The van der Waals surface area contributed by atoms with Crippen LogP contribution < -0.4 is 0 Å². The van der Waals surface area contributed by atoms with Gasteiger partial charge >= 0.3 is 5.97 Å². The molecule has 4 heteroatoms. The Morgan fingerprint density at radius 2 is 1.78 bits per heavy atom. The van der Waals surface area contributed by atoms with Crippen molar-refractivity contribution in [3.05, 3.63) is 0 Å². The van der Waals surface area contributed by atoms with Gasteiger partial charge in [-0.1, -0.05) is 13.8 Å². The van der Waals surface area contributed by atoms with Crippen LogP contribution in [0.1, 0.15) is 79.1 Å². The number of hydrogen-bond donors (Lipinski definition) is 0. The number of rotatable bonds is 2. The Bertz CT molecular complexity index is 669. The zero-order valence-electron chi connectivity index (χ0n) is 17.3. The number of ketones is 2. The van der Waals surface area contributed by atoms with Crippen LogP contribution in [0.25, 0.3) is 0 Å². The lowest BCUT2D eigenvalue weighted by molar-refractivity contribution is -0.193. The minimum atomic E-state index is -0.212. The van der Waals surface area contributed by atoms with Gasteiger partial charge in [0.05, 0.1) is 0 Å². The Morgan fingerprint density at radius 1 is 1.04 bits per heavy atom. The summed E-state index contributed by atoms with van der Waals surface area (Å²) < 4.78 is 5.97. The number of Topliss-reactive ketones (excluding diaryl/α,β-unsaturated/α-hetero) is 2. The molecule has 150 valence electrons. The molecule has 4 fully saturated rings. The van der Waals surface area contributed by atoms with Crippen LogP contribution in [0.4, 0.5) is 0 Å². The molecule has 0 aromatic carbocycles. The van der Waals surface area contributed by atoms with Gasteiger partial charge in [-0.25, -0.2) is 0 Å². The molecule has 0 N–H and O–H groups in total. The molecule has 0 radical (unpaired) electrons. The van der Waals surface area contributed by atoms with E-state index in [1.807, 2.05) is 0 Å². The van der Waals surface area contributed by atoms with Crippen LogP contribution in [0.15, 0.2) is 0 Å². The Morgan fingerprint density at radius 3 is 2.44 bits per heavy atom. The van der Waals surface area contributed by atoms with Crippen LogP contribution in [0, 0.1) is 40.4 Å². The molecule has 4 saturated carbocycles. The van der Waals surface area contributed by atoms with Crippen molar-refractivity contribution < 1.29 is 19.1 Å². The quantitative estimate of drug-likeness (QED) is 0.675. The van der Waals surface area contributed by atoms with E-state index in [4.69, 9.17) is 4.74 Å². The first-order chi connectivity index (χ1) is 12.7. The third-order valence-corrected chi connectivity index (χ3v) is 9.20. The highest BCUT2D eigenvalue weighted by Gasteiger charge is 2.64. The molecule has 4 rings (SSSR count). The lowest BCUT2D eigenvalue weighted by atomic mass is 9.44. The average Bonchev–Trinajstić information content (AvgIpc) is 2.91. The van der Waals surface area contributed by atoms with E-state index in [1.165, 1.54) is 6.92 Å². The van der Waals surface area contributed by atoms with Gasteiger partial charge in [-0.05, 0) is 74.0 Å². The summed E-state index contributed by atoms with van der Waals surface area (Å²) in [5.41, 5.74) is 0.0212. The maximum absolute atomic E-state index is 12.4. The van der Waals surface area contributed by atoms with Crippen molar-refractivity contribution in [1.82, 2.24) is 0 Å². The van der Waals surface area contributed by atoms with Crippen LogP contribution in [0.2, 0.25) is 0 Å². The van der Waals surface area contributed by atoms with E-state index in [2.05, 4.69) is 13.8 Å². The summed E-state index contributed by atoms with van der Waals surface area (Å²) in [6, 6.07) is 0. The number of hydrogen-bond acceptors (Lipinski definition) is 4. The van der Waals surface area contributed by atoms with Gasteiger partial charge in [0.25, 0.3) is 0 Å². The predicted octanol–water partition coefficient (Wildman–Crippen LogP) is 4.35. The maximum Gasteiger partial charge on any atom is 0.302 e. The summed E-state index contributed by atoms with van der Waals surface area (Å²) in [6.45, 7) is 7.88. The van der Waals surface area contributed by atoms with Crippen LogP contribution >= 0.6 is 0 Å². The van der Waals surface area contributed by atoms with Crippen molar-refractivity contribution in [1.29, 1.82) is 0 Å². The molecular formula is C23H34O4. The molecule has 4 aliphatic rings. The second-order valence-corrected chi connectivity index (χ2v) is 10.4. The molecular weight excluding hydrogens is 340 g/mol. The molecule has 8 atom stereocenters. The minimum Gasteiger partial charge on any atom is -0.462 e. The van der Waals surface area contributed by atoms with Crippen LogP contribution in [-0.2, 0) is 19.1 Å². The molecule has 0 aliphatic heterocycles. The SMILES string of the molecule is CC(=O)O[C@@H]1C[C@@]2(C)[C@H](CC[C@H]2C(C)=O)[C@@H]2CC[C@@H]3CC(=O)CC[C@]3(C)[C@H]21. The van der Waals surface area contributed by atoms with Crippen molar-refractivity contribution in [3.8, 4) is 0 Å². The topological polar surface area (TPSA) is 60.4 Å². The largest absolute Gasteiger partial charge is 0.462 e. The molecule has 27 heavy (non-hydrogen) atoms. The lowest BCUT2D eigenvalue weighted by Gasteiger charge is -2.62. The van der Waals surface area contributed by atoms with E-state index in [0.29, 0.717) is 48.1 Å². The number of esters is 1. The molecule has 0 spiro atoms. The second-order valence-electron chi connectivity index (χ2n) is 10.4. The van der Waals surface area contributed by atoms with E-state index in [-0.39, 0.29) is 28.8 Å². The van der Waals surface area contributed by atoms with E-state index in [1.54, 1.807) is 6.92 Å². The first-order valence-corrected chi connectivity index (χ1v) is 10.9. The summed E-state index contributed by atoms with van der Waals surface area (Å²) in [5.74, 6) is 2.38. The highest BCUT2D eigenvalue weighted by molar-refractivity contribution is 5.80.